The first kappa shape index (κ1) is 35.2. The molecule has 14 nitrogen and oxygen atoms in total. The van der Waals surface area contributed by atoms with Gasteiger partial charge in [0.25, 0.3) is 0 Å². The summed E-state index contributed by atoms with van der Waals surface area (Å²) in [6.07, 6.45) is 2.62. The van der Waals surface area contributed by atoms with Crippen molar-refractivity contribution in [2.24, 2.45) is 5.73 Å². The zero-order valence-electron chi connectivity index (χ0n) is 26.9. The number of para-hydroxylation sites is 2. The molecule has 2 heterocycles. The molecule has 10 N–H and O–H groups in total. The summed E-state index contributed by atoms with van der Waals surface area (Å²) >= 11 is 0. The lowest BCUT2D eigenvalue weighted by atomic mass is 10.0. The zero-order valence-corrected chi connectivity index (χ0v) is 26.9. The van der Waals surface area contributed by atoms with Crippen LogP contribution in [0.1, 0.15) is 29.5 Å². The molecule has 5 rings (SSSR count). The molecule has 2 aromatic heterocycles. The molecule has 3 amide bonds. The van der Waals surface area contributed by atoms with Crippen molar-refractivity contribution in [3.8, 4) is 5.75 Å². The fraction of sp³-hybridized carbons (Fsp3) is 0.250. The van der Waals surface area contributed by atoms with Gasteiger partial charge in [0.2, 0.25) is 17.7 Å². The summed E-state index contributed by atoms with van der Waals surface area (Å²) in [5, 5.41) is 38.1. The number of carbonyl (C=O) groups excluding carboxylic acids is 3. The molecule has 0 saturated heterocycles. The number of carboxylic acid groups (broad SMARTS) is 2. The van der Waals surface area contributed by atoms with E-state index in [1.54, 1.807) is 12.4 Å². The van der Waals surface area contributed by atoms with E-state index in [0.717, 1.165) is 27.4 Å². The lowest BCUT2D eigenvalue weighted by molar-refractivity contribution is -0.143. The van der Waals surface area contributed by atoms with Gasteiger partial charge in [0.05, 0.1) is 6.04 Å². The number of hydrogen-bond donors (Lipinski definition) is 9. The largest absolute Gasteiger partial charge is 0.508 e. The van der Waals surface area contributed by atoms with Crippen molar-refractivity contribution in [3.05, 3.63) is 102 Å². The molecular formula is C36H38N6O8. The number of nitrogens with one attached hydrogen (secondary N) is 5. The number of phenols is 1. The third-order valence-corrected chi connectivity index (χ3v) is 8.45. The summed E-state index contributed by atoms with van der Waals surface area (Å²) in [4.78, 5) is 70.7. The standard InChI is InChI=1S/C36H38N6O8/c37-26(16-21-18-38-27-7-3-1-5-24(21)27)33(46)41-30(17-22-19-39-28-8-4-2-6-25(22)28)35(48)40-29(13-14-32(44)45)34(47)42-31(36(49)50)15-20-9-11-23(43)12-10-20/h1-12,18-19,26,29-31,38-39,43H,13-17,37H2,(H,40,48)(H,41,46)(H,42,47)(H,44,45)(H,49,50). The number of benzene rings is 3. The van der Waals surface area contributed by atoms with E-state index >= 15 is 0 Å². The fourth-order valence-electron chi connectivity index (χ4n) is 5.79. The Bertz CT molecular complexity index is 2000. The fourth-order valence-corrected chi connectivity index (χ4v) is 5.79. The van der Waals surface area contributed by atoms with Crippen molar-refractivity contribution in [1.82, 2.24) is 25.9 Å². The molecule has 0 aliphatic rings. The molecule has 0 spiro atoms. The van der Waals surface area contributed by atoms with Gasteiger partial charge in [-0.2, -0.15) is 0 Å². The highest BCUT2D eigenvalue weighted by Gasteiger charge is 2.31. The van der Waals surface area contributed by atoms with E-state index in [2.05, 4.69) is 25.9 Å². The Morgan fingerprint density at radius 2 is 1.16 bits per heavy atom. The Balaban J connectivity index is 1.35. The molecule has 0 radical (unpaired) electrons. The summed E-state index contributed by atoms with van der Waals surface area (Å²) in [7, 11) is 0. The number of amides is 3. The van der Waals surface area contributed by atoms with Crippen molar-refractivity contribution >= 4 is 51.5 Å². The molecule has 0 fully saturated rings. The smallest absolute Gasteiger partial charge is 0.326 e. The molecule has 4 atom stereocenters. The monoisotopic (exact) mass is 682 g/mol. The first-order valence-electron chi connectivity index (χ1n) is 16.0. The molecule has 0 aliphatic carbocycles. The number of nitrogens with two attached hydrogens (primary N) is 1. The maximum absolute atomic E-state index is 13.9. The van der Waals surface area contributed by atoms with Gasteiger partial charge >= 0.3 is 11.9 Å². The maximum atomic E-state index is 13.9. The third-order valence-electron chi connectivity index (χ3n) is 8.45. The van der Waals surface area contributed by atoms with Crippen LogP contribution in [-0.4, -0.2) is 79.1 Å². The first-order chi connectivity index (χ1) is 24.0. The van der Waals surface area contributed by atoms with Gasteiger partial charge in [-0.3, -0.25) is 19.2 Å². The minimum absolute atomic E-state index is 0.00668. The van der Waals surface area contributed by atoms with Gasteiger partial charge in [-0.25, -0.2) is 4.79 Å². The number of aromatic nitrogens is 2. The van der Waals surface area contributed by atoms with Crippen molar-refractivity contribution in [1.29, 1.82) is 0 Å². The van der Waals surface area contributed by atoms with Crippen molar-refractivity contribution in [2.45, 2.75) is 56.3 Å². The Labute approximate surface area is 286 Å². The molecule has 5 aromatic rings. The second kappa shape index (κ2) is 15.8. The Morgan fingerprint density at radius 1 is 0.640 bits per heavy atom. The zero-order chi connectivity index (χ0) is 35.8. The second-order valence-electron chi connectivity index (χ2n) is 12.1. The van der Waals surface area contributed by atoms with E-state index < -0.39 is 60.2 Å². The predicted octanol–water partition coefficient (Wildman–Crippen LogP) is 2.11. The van der Waals surface area contributed by atoms with Crippen LogP contribution < -0.4 is 21.7 Å². The summed E-state index contributed by atoms with van der Waals surface area (Å²) in [5.74, 6) is -4.94. The number of carboxylic acids is 2. The van der Waals surface area contributed by atoms with Crippen LogP contribution in [0.3, 0.4) is 0 Å². The minimum atomic E-state index is -1.46. The lowest BCUT2D eigenvalue weighted by Crippen LogP contribution is -2.58. The van der Waals surface area contributed by atoms with Crippen molar-refractivity contribution < 1.29 is 39.3 Å². The van der Waals surface area contributed by atoms with Crippen LogP contribution in [0.5, 0.6) is 5.75 Å². The number of aliphatic carboxylic acids is 2. The van der Waals surface area contributed by atoms with Crippen molar-refractivity contribution in [3.63, 3.8) is 0 Å². The summed E-state index contributed by atoms with van der Waals surface area (Å²) in [6, 6.07) is 15.5. The van der Waals surface area contributed by atoms with Crippen LogP contribution in [0.4, 0.5) is 0 Å². The van der Waals surface area contributed by atoms with Gasteiger partial charge in [-0.1, -0.05) is 48.5 Å². The van der Waals surface area contributed by atoms with Gasteiger partial charge in [0, 0.05) is 53.5 Å². The van der Waals surface area contributed by atoms with Gasteiger partial charge in [-0.05, 0) is 53.8 Å². The van der Waals surface area contributed by atoms with E-state index in [1.807, 2.05) is 48.5 Å². The van der Waals surface area contributed by atoms with Crippen LogP contribution in [0.2, 0.25) is 0 Å². The highest BCUT2D eigenvalue weighted by molar-refractivity contribution is 5.95. The van der Waals surface area contributed by atoms with Gasteiger partial charge in [0.1, 0.15) is 23.9 Å². The van der Waals surface area contributed by atoms with E-state index in [9.17, 15) is 39.3 Å². The predicted molar refractivity (Wildman–Crippen MR) is 184 cm³/mol. The lowest BCUT2D eigenvalue weighted by Gasteiger charge is -2.25. The van der Waals surface area contributed by atoms with E-state index in [1.165, 1.54) is 24.3 Å². The van der Waals surface area contributed by atoms with E-state index in [0.29, 0.717) is 11.1 Å². The Morgan fingerprint density at radius 3 is 1.74 bits per heavy atom. The first-order valence-corrected chi connectivity index (χ1v) is 16.0. The molecule has 0 bridgehead atoms. The molecule has 260 valence electrons. The quantitative estimate of drug-likeness (QED) is 0.0739. The van der Waals surface area contributed by atoms with Gasteiger partial charge in [0.15, 0.2) is 0 Å². The Hall–Kier alpha value is -6.15. The van der Waals surface area contributed by atoms with Crippen molar-refractivity contribution in [2.75, 3.05) is 0 Å². The van der Waals surface area contributed by atoms with Gasteiger partial charge < -0.3 is 47.0 Å². The minimum Gasteiger partial charge on any atom is -0.508 e. The normalized spacial score (nSPS) is 13.6. The molecule has 50 heavy (non-hydrogen) atoms. The highest BCUT2D eigenvalue weighted by Crippen LogP contribution is 2.21. The average Bonchev–Trinajstić information content (AvgIpc) is 3.70. The Kier molecular flexibility index (Phi) is 11.1. The topological polar surface area (TPSA) is 240 Å². The van der Waals surface area contributed by atoms with Crippen LogP contribution in [-0.2, 0) is 43.2 Å². The molecule has 14 heteroatoms. The molecular weight excluding hydrogens is 644 g/mol. The van der Waals surface area contributed by atoms with E-state index in [4.69, 9.17) is 5.73 Å². The van der Waals surface area contributed by atoms with Gasteiger partial charge in [-0.15, -0.1) is 0 Å². The highest BCUT2D eigenvalue weighted by atomic mass is 16.4. The summed E-state index contributed by atoms with van der Waals surface area (Å²) < 4.78 is 0. The van der Waals surface area contributed by atoms with Crippen LogP contribution in [0, 0.1) is 0 Å². The number of H-pyrrole nitrogens is 2. The number of aromatic amines is 2. The summed E-state index contributed by atoms with van der Waals surface area (Å²) in [5.41, 5.74) is 10.0. The molecule has 4 unspecified atom stereocenters. The van der Waals surface area contributed by atoms with E-state index in [-0.39, 0.29) is 31.4 Å². The maximum Gasteiger partial charge on any atom is 0.326 e. The molecule has 0 aliphatic heterocycles. The second-order valence-corrected chi connectivity index (χ2v) is 12.1. The number of fused-ring (bicyclic) bond motifs is 2. The molecule has 3 aromatic carbocycles. The summed E-state index contributed by atoms with van der Waals surface area (Å²) in [6.45, 7) is 0. The third kappa shape index (κ3) is 8.85. The van der Waals surface area contributed by atoms with Crippen LogP contribution >= 0.6 is 0 Å². The SMILES string of the molecule is NC(Cc1c[nH]c2ccccc12)C(=O)NC(Cc1c[nH]c2ccccc12)C(=O)NC(CCC(=O)O)C(=O)NC(Cc1ccc(O)cc1)C(=O)O. The molecule has 0 saturated carbocycles. The number of rotatable bonds is 16. The number of phenolic OH excluding ortho intramolecular Hbond substituents is 1. The average molecular weight is 683 g/mol. The number of aromatic hydroxyl groups is 1. The van der Waals surface area contributed by atoms with Crippen LogP contribution in [0.25, 0.3) is 21.8 Å². The number of carbonyl (C=O) groups is 5. The van der Waals surface area contributed by atoms with Crippen LogP contribution in [0.15, 0.2) is 85.2 Å². The number of hydrogen-bond acceptors (Lipinski definition) is 7.